The Morgan fingerprint density at radius 1 is 1.09 bits per heavy atom. The predicted octanol–water partition coefficient (Wildman–Crippen LogP) is 3.91. The van der Waals surface area contributed by atoms with Crippen molar-refractivity contribution >= 4 is 10.9 Å². The summed E-state index contributed by atoms with van der Waals surface area (Å²) in [4.78, 5) is 3.55. The maximum absolute atomic E-state index is 5.83. The Hall–Kier alpha value is -2.26. The van der Waals surface area contributed by atoms with E-state index in [1.165, 1.54) is 33.3 Å². The van der Waals surface area contributed by atoms with Crippen LogP contribution in [0.1, 0.15) is 18.2 Å². The Balaban J connectivity index is 2.21. The molecule has 3 aromatic rings. The molecule has 114 valence electrons. The van der Waals surface area contributed by atoms with Crippen molar-refractivity contribution in [2.45, 2.75) is 19.8 Å². The summed E-state index contributed by atoms with van der Waals surface area (Å²) >= 11 is 0. The van der Waals surface area contributed by atoms with E-state index in [1.54, 1.807) is 7.11 Å². The molecule has 0 saturated heterocycles. The maximum Gasteiger partial charge on any atom is 0.118 e. The second-order valence-electron chi connectivity index (χ2n) is 5.43. The molecule has 22 heavy (non-hydrogen) atoms. The van der Waals surface area contributed by atoms with Crippen LogP contribution < -0.4 is 10.5 Å². The summed E-state index contributed by atoms with van der Waals surface area (Å²) in [6, 6.07) is 14.6. The van der Waals surface area contributed by atoms with Crippen LogP contribution in [0.5, 0.6) is 5.75 Å². The van der Waals surface area contributed by atoms with Crippen molar-refractivity contribution in [3.63, 3.8) is 0 Å². The molecule has 0 bridgehead atoms. The summed E-state index contributed by atoms with van der Waals surface area (Å²) in [7, 11) is 1.69. The highest BCUT2D eigenvalue weighted by Gasteiger charge is 2.14. The van der Waals surface area contributed by atoms with Crippen LogP contribution in [0.25, 0.3) is 22.0 Å². The first kappa shape index (κ1) is 14.7. The molecule has 0 aliphatic carbocycles. The second kappa shape index (κ2) is 6.24. The first-order valence-electron chi connectivity index (χ1n) is 7.75. The minimum absolute atomic E-state index is 0.664. The van der Waals surface area contributed by atoms with Gasteiger partial charge in [0.05, 0.1) is 7.11 Å². The average molecular weight is 294 g/mol. The van der Waals surface area contributed by atoms with Gasteiger partial charge in [0, 0.05) is 16.6 Å². The van der Waals surface area contributed by atoms with Crippen molar-refractivity contribution in [1.29, 1.82) is 0 Å². The highest BCUT2D eigenvalue weighted by molar-refractivity contribution is 5.98. The number of ether oxygens (including phenoxy) is 1. The number of aromatic amines is 1. The largest absolute Gasteiger partial charge is 0.497 e. The van der Waals surface area contributed by atoms with Crippen LogP contribution in [-0.2, 0) is 12.8 Å². The molecule has 2 aromatic carbocycles. The third-order valence-corrected chi connectivity index (χ3v) is 4.16. The number of rotatable bonds is 5. The standard InChI is InChI=1S/C19H22N2O/c1-3-17-16(11-12-20)19-15(5-4-6-18(19)21-17)13-7-9-14(22-2)10-8-13/h4-10,21H,3,11-12,20H2,1-2H3. The van der Waals surface area contributed by atoms with Crippen LogP contribution in [0, 0.1) is 0 Å². The van der Waals surface area contributed by atoms with E-state index in [0.29, 0.717) is 6.54 Å². The van der Waals surface area contributed by atoms with Crippen molar-refractivity contribution in [3.05, 3.63) is 53.7 Å². The van der Waals surface area contributed by atoms with E-state index >= 15 is 0 Å². The molecule has 3 heteroatoms. The molecular formula is C19H22N2O. The first-order valence-corrected chi connectivity index (χ1v) is 7.75. The van der Waals surface area contributed by atoms with E-state index < -0.39 is 0 Å². The van der Waals surface area contributed by atoms with Gasteiger partial charge in [-0.2, -0.15) is 0 Å². The molecule has 0 saturated carbocycles. The van der Waals surface area contributed by atoms with E-state index in [2.05, 4.69) is 42.2 Å². The Morgan fingerprint density at radius 3 is 2.50 bits per heavy atom. The number of nitrogens with one attached hydrogen (secondary N) is 1. The van der Waals surface area contributed by atoms with E-state index in [1.807, 2.05) is 12.1 Å². The van der Waals surface area contributed by atoms with Crippen molar-refractivity contribution < 1.29 is 4.74 Å². The minimum atomic E-state index is 0.664. The van der Waals surface area contributed by atoms with Gasteiger partial charge in [-0.1, -0.05) is 31.2 Å². The van der Waals surface area contributed by atoms with Gasteiger partial charge in [-0.05, 0) is 54.3 Å². The number of hydrogen-bond acceptors (Lipinski definition) is 2. The molecular weight excluding hydrogens is 272 g/mol. The number of aryl methyl sites for hydroxylation is 1. The van der Waals surface area contributed by atoms with E-state index in [-0.39, 0.29) is 0 Å². The Labute approximate surface area is 131 Å². The molecule has 3 N–H and O–H groups in total. The fourth-order valence-corrected chi connectivity index (χ4v) is 3.10. The normalized spacial score (nSPS) is 11.0. The SMILES string of the molecule is CCc1[nH]c2cccc(-c3ccc(OC)cc3)c2c1CCN. The molecule has 0 aliphatic heterocycles. The van der Waals surface area contributed by atoms with Crippen LogP contribution in [0.2, 0.25) is 0 Å². The third kappa shape index (κ3) is 2.48. The Kier molecular flexibility index (Phi) is 4.16. The highest BCUT2D eigenvalue weighted by atomic mass is 16.5. The molecule has 1 aromatic heterocycles. The number of aromatic nitrogens is 1. The lowest BCUT2D eigenvalue weighted by molar-refractivity contribution is 0.415. The van der Waals surface area contributed by atoms with Gasteiger partial charge in [0.25, 0.3) is 0 Å². The second-order valence-corrected chi connectivity index (χ2v) is 5.43. The minimum Gasteiger partial charge on any atom is -0.497 e. The number of methoxy groups -OCH3 is 1. The summed E-state index contributed by atoms with van der Waals surface area (Å²) in [6.45, 7) is 2.84. The van der Waals surface area contributed by atoms with Gasteiger partial charge in [0.15, 0.2) is 0 Å². The quantitative estimate of drug-likeness (QED) is 0.749. The zero-order valence-corrected chi connectivity index (χ0v) is 13.1. The van der Waals surface area contributed by atoms with E-state index in [9.17, 15) is 0 Å². The number of benzene rings is 2. The number of nitrogens with two attached hydrogens (primary N) is 1. The van der Waals surface area contributed by atoms with Crippen LogP contribution in [0.3, 0.4) is 0 Å². The lowest BCUT2D eigenvalue weighted by Gasteiger charge is -2.08. The average Bonchev–Trinajstić information content (AvgIpc) is 2.93. The summed E-state index contributed by atoms with van der Waals surface area (Å²) in [6.07, 6.45) is 1.89. The summed E-state index contributed by atoms with van der Waals surface area (Å²) < 4.78 is 5.25. The molecule has 0 spiro atoms. The molecule has 3 nitrogen and oxygen atoms in total. The molecule has 1 heterocycles. The van der Waals surface area contributed by atoms with Crippen LogP contribution in [-0.4, -0.2) is 18.6 Å². The Morgan fingerprint density at radius 2 is 1.86 bits per heavy atom. The van der Waals surface area contributed by atoms with Crippen LogP contribution >= 0.6 is 0 Å². The fourth-order valence-electron chi connectivity index (χ4n) is 3.10. The topological polar surface area (TPSA) is 51.0 Å². The van der Waals surface area contributed by atoms with Crippen LogP contribution in [0.15, 0.2) is 42.5 Å². The van der Waals surface area contributed by atoms with Gasteiger partial charge < -0.3 is 15.5 Å². The molecule has 0 atom stereocenters. The number of fused-ring (bicyclic) bond motifs is 1. The monoisotopic (exact) mass is 294 g/mol. The molecule has 3 rings (SSSR count). The van der Waals surface area contributed by atoms with E-state index in [0.717, 1.165) is 18.6 Å². The van der Waals surface area contributed by atoms with Gasteiger partial charge in [-0.25, -0.2) is 0 Å². The smallest absolute Gasteiger partial charge is 0.118 e. The molecule has 0 unspecified atom stereocenters. The first-order chi connectivity index (χ1) is 10.8. The van der Waals surface area contributed by atoms with Gasteiger partial charge >= 0.3 is 0 Å². The zero-order valence-electron chi connectivity index (χ0n) is 13.1. The van der Waals surface area contributed by atoms with Crippen molar-refractivity contribution in [1.82, 2.24) is 4.98 Å². The van der Waals surface area contributed by atoms with Crippen LogP contribution in [0.4, 0.5) is 0 Å². The molecule has 0 radical (unpaired) electrons. The number of H-pyrrole nitrogens is 1. The van der Waals surface area contributed by atoms with Crippen molar-refractivity contribution in [2.75, 3.05) is 13.7 Å². The summed E-state index contributed by atoms with van der Waals surface area (Å²) in [5.41, 5.74) is 12.1. The lowest BCUT2D eigenvalue weighted by atomic mass is 9.96. The summed E-state index contributed by atoms with van der Waals surface area (Å²) in [5, 5.41) is 1.30. The third-order valence-electron chi connectivity index (χ3n) is 4.16. The fraction of sp³-hybridized carbons (Fsp3) is 0.263. The highest BCUT2D eigenvalue weighted by Crippen LogP contribution is 2.34. The van der Waals surface area contributed by atoms with E-state index in [4.69, 9.17) is 10.5 Å². The number of hydrogen-bond donors (Lipinski definition) is 2. The Bertz CT molecular complexity index is 772. The maximum atomic E-state index is 5.83. The molecule has 0 amide bonds. The molecule has 0 aliphatic rings. The van der Waals surface area contributed by atoms with Gasteiger partial charge in [0.1, 0.15) is 5.75 Å². The summed E-state index contributed by atoms with van der Waals surface area (Å²) in [5.74, 6) is 0.876. The van der Waals surface area contributed by atoms with Gasteiger partial charge in [-0.15, -0.1) is 0 Å². The zero-order chi connectivity index (χ0) is 15.5. The van der Waals surface area contributed by atoms with Gasteiger partial charge in [-0.3, -0.25) is 0 Å². The van der Waals surface area contributed by atoms with Crippen molar-refractivity contribution in [3.8, 4) is 16.9 Å². The lowest BCUT2D eigenvalue weighted by Crippen LogP contribution is -2.04. The van der Waals surface area contributed by atoms with Crippen molar-refractivity contribution in [2.24, 2.45) is 5.73 Å². The predicted molar refractivity (Wildman–Crippen MR) is 92.4 cm³/mol. The van der Waals surface area contributed by atoms with Gasteiger partial charge in [0.2, 0.25) is 0 Å². The molecule has 0 fully saturated rings.